The normalized spacial score (nSPS) is 15.1. The number of nitrogens with two attached hydrogens (primary N) is 2. The van der Waals surface area contributed by atoms with Crippen LogP contribution in [0.25, 0.3) is 10.9 Å². The summed E-state index contributed by atoms with van der Waals surface area (Å²) in [5.74, 6) is 0.567. The predicted octanol–water partition coefficient (Wildman–Crippen LogP) is 1.38. The average molecular weight is 331 g/mol. The van der Waals surface area contributed by atoms with Crippen LogP contribution in [0, 0.1) is 12.7 Å². The van der Waals surface area contributed by atoms with Crippen LogP contribution < -0.4 is 16.4 Å². The highest BCUT2D eigenvalue weighted by Gasteiger charge is 2.22. The van der Waals surface area contributed by atoms with Crippen LogP contribution >= 0.6 is 0 Å². The molecule has 1 aliphatic rings. The predicted molar refractivity (Wildman–Crippen MR) is 92.6 cm³/mol. The number of fused-ring (bicyclic) bond motifs is 1. The summed E-state index contributed by atoms with van der Waals surface area (Å²) in [5, 5.41) is 0.914. The number of pyridine rings is 1. The van der Waals surface area contributed by atoms with E-state index < -0.39 is 6.03 Å². The van der Waals surface area contributed by atoms with E-state index in [1.54, 1.807) is 17.9 Å². The Hall–Kier alpha value is -2.41. The summed E-state index contributed by atoms with van der Waals surface area (Å²) in [7, 11) is 0. The number of urea groups is 1. The molecule has 2 heterocycles. The molecule has 1 fully saturated rings. The molecule has 7 heteroatoms. The first-order valence-electron chi connectivity index (χ1n) is 8.09. The summed E-state index contributed by atoms with van der Waals surface area (Å²) < 4.78 is 13.9. The van der Waals surface area contributed by atoms with E-state index in [1.807, 2.05) is 6.07 Å². The molecule has 0 saturated carbocycles. The van der Waals surface area contributed by atoms with Gasteiger partial charge in [0.25, 0.3) is 0 Å². The van der Waals surface area contributed by atoms with Gasteiger partial charge in [0.15, 0.2) is 0 Å². The molecule has 1 aromatic heterocycles. The molecule has 1 saturated heterocycles. The Bertz CT molecular complexity index is 771. The summed E-state index contributed by atoms with van der Waals surface area (Å²) >= 11 is 0. The fourth-order valence-corrected chi connectivity index (χ4v) is 3.14. The van der Waals surface area contributed by atoms with E-state index in [-0.39, 0.29) is 5.82 Å². The SMILES string of the molecule is Cc1c(F)ccc2cc(CCN)c(N3CCN(C(N)=O)CC3)nc12. The van der Waals surface area contributed by atoms with Gasteiger partial charge >= 0.3 is 6.03 Å². The Kier molecular flexibility index (Phi) is 4.53. The van der Waals surface area contributed by atoms with Gasteiger partial charge in [0, 0.05) is 37.1 Å². The van der Waals surface area contributed by atoms with E-state index in [0.717, 1.165) is 16.8 Å². The zero-order valence-electron chi connectivity index (χ0n) is 13.8. The highest BCUT2D eigenvalue weighted by molar-refractivity contribution is 5.85. The minimum absolute atomic E-state index is 0.258. The molecule has 0 unspecified atom stereocenters. The molecule has 1 aliphatic heterocycles. The molecule has 3 rings (SSSR count). The fraction of sp³-hybridized carbons (Fsp3) is 0.412. The Morgan fingerprint density at radius 1 is 1.29 bits per heavy atom. The Morgan fingerprint density at radius 2 is 2.00 bits per heavy atom. The third-order valence-electron chi connectivity index (χ3n) is 4.54. The number of carbonyl (C=O) groups is 1. The molecule has 0 radical (unpaired) electrons. The number of anilines is 1. The maximum Gasteiger partial charge on any atom is 0.314 e. The van der Waals surface area contributed by atoms with E-state index in [9.17, 15) is 9.18 Å². The molecule has 24 heavy (non-hydrogen) atoms. The van der Waals surface area contributed by atoms with Crippen molar-refractivity contribution in [3.05, 3.63) is 35.1 Å². The van der Waals surface area contributed by atoms with Crippen molar-refractivity contribution in [3.8, 4) is 0 Å². The Balaban J connectivity index is 2.00. The van der Waals surface area contributed by atoms with Crippen molar-refractivity contribution in [2.24, 2.45) is 11.5 Å². The van der Waals surface area contributed by atoms with Crippen LogP contribution in [0.4, 0.5) is 15.0 Å². The molecule has 2 amide bonds. The zero-order valence-corrected chi connectivity index (χ0v) is 13.8. The second-order valence-electron chi connectivity index (χ2n) is 6.07. The maximum atomic E-state index is 13.9. The third kappa shape index (κ3) is 2.99. The van der Waals surface area contributed by atoms with E-state index in [1.165, 1.54) is 6.07 Å². The van der Waals surface area contributed by atoms with E-state index >= 15 is 0 Å². The number of aromatic nitrogens is 1. The van der Waals surface area contributed by atoms with E-state index in [2.05, 4.69) is 4.90 Å². The molecule has 0 bridgehead atoms. The minimum atomic E-state index is -0.402. The first kappa shape index (κ1) is 16.4. The van der Waals surface area contributed by atoms with Crippen LogP contribution in [0.5, 0.6) is 0 Å². The number of amides is 2. The van der Waals surface area contributed by atoms with Crippen LogP contribution in [-0.2, 0) is 6.42 Å². The Morgan fingerprint density at radius 3 is 2.62 bits per heavy atom. The topological polar surface area (TPSA) is 88.5 Å². The van der Waals surface area contributed by atoms with Gasteiger partial charge in [-0.05, 0) is 43.7 Å². The van der Waals surface area contributed by atoms with Gasteiger partial charge in [-0.25, -0.2) is 14.2 Å². The quantitative estimate of drug-likeness (QED) is 0.889. The second-order valence-corrected chi connectivity index (χ2v) is 6.07. The van der Waals surface area contributed by atoms with Gasteiger partial charge in [-0.1, -0.05) is 0 Å². The Labute approximate surface area is 140 Å². The number of hydrogen-bond donors (Lipinski definition) is 2. The van der Waals surface area contributed by atoms with Crippen LogP contribution in [-0.4, -0.2) is 48.6 Å². The monoisotopic (exact) mass is 331 g/mol. The number of piperazine rings is 1. The van der Waals surface area contributed by atoms with Crippen molar-refractivity contribution in [1.82, 2.24) is 9.88 Å². The lowest BCUT2D eigenvalue weighted by Gasteiger charge is -2.35. The number of hydrogen-bond acceptors (Lipinski definition) is 4. The minimum Gasteiger partial charge on any atom is -0.353 e. The van der Waals surface area contributed by atoms with Crippen LogP contribution in [0.2, 0.25) is 0 Å². The maximum absolute atomic E-state index is 13.9. The van der Waals surface area contributed by atoms with Crippen molar-refractivity contribution in [2.75, 3.05) is 37.6 Å². The lowest BCUT2D eigenvalue weighted by atomic mass is 10.1. The van der Waals surface area contributed by atoms with Gasteiger partial charge < -0.3 is 21.3 Å². The molecule has 128 valence electrons. The second kappa shape index (κ2) is 6.60. The number of nitrogens with zero attached hydrogens (tertiary/aromatic N) is 3. The van der Waals surface area contributed by atoms with Crippen molar-refractivity contribution >= 4 is 22.8 Å². The van der Waals surface area contributed by atoms with Crippen molar-refractivity contribution in [3.63, 3.8) is 0 Å². The summed E-state index contributed by atoms with van der Waals surface area (Å²) in [6.45, 7) is 4.66. The summed E-state index contributed by atoms with van der Waals surface area (Å²) in [6, 6.07) is 4.86. The summed E-state index contributed by atoms with van der Waals surface area (Å²) in [4.78, 5) is 19.8. The summed E-state index contributed by atoms with van der Waals surface area (Å²) in [5.41, 5.74) is 13.3. The molecule has 0 aliphatic carbocycles. The number of primary amides is 1. The lowest BCUT2D eigenvalue weighted by molar-refractivity contribution is 0.204. The zero-order chi connectivity index (χ0) is 17.3. The smallest absolute Gasteiger partial charge is 0.314 e. The standard InChI is InChI=1S/C17H22FN5O/c1-11-14(18)3-2-12-10-13(4-5-19)16(21-15(11)12)22-6-8-23(9-7-22)17(20)24/h2-3,10H,4-9,19H2,1H3,(H2,20,24). The number of aryl methyl sites for hydroxylation is 1. The highest BCUT2D eigenvalue weighted by atomic mass is 19.1. The molecule has 0 atom stereocenters. The molecule has 6 nitrogen and oxygen atoms in total. The van der Waals surface area contributed by atoms with Crippen LogP contribution in [0.3, 0.4) is 0 Å². The van der Waals surface area contributed by atoms with Crippen LogP contribution in [0.1, 0.15) is 11.1 Å². The molecule has 0 spiro atoms. The number of halogens is 1. The first-order chi connectivity index (χ1) is 11.5. The number of rotatable bonds is 3. The van der Waals surface area contributed by atoms with Gasteiger partial charge in [0.05, 0.1) is 5.52 Å². The van der Waals surface area contributed by atoms with Gasteiger partial charge in [0.1, 0.15) is 11.6 Å². The van der Waals surface area contributed by atoms with Crippen LogP contribution in [0.15, 0.2) is 18.2 Å². The number of carbonyl (C=O) groups excluding carboxylic acids is 1. The highest BCUT2D eigenvalue weighted by Crippen LogP contribution is 2.27. The molecule has 1 aromatic carbocycles. The van der Waals surface area contributed by atoms with Crippen molar-refractivity contribution in [1.29, 1.82) is 0 Å². The fourth-order valence-electron chi connectivity index (χ4n) is 3.14. The van der Waals surface area contributed by atoms with Gasteiger partial charge in [-0.2, -0.15) is 0 Å². The molecule has 2 aromatic rings. The average Bonchev–Trinajstić information content (AvgIpc) is 2.58. The number of benzene rings is 1. The van der Waals surface area contributed by atoms with E-state index in [4.69, 9.17) is 16.5 Å². The van der Waals surface area contributed by atoms with Gasteiger partial charge in [-0.3, -0.25) is 0 Å². The molecule has 4 N–H and O–H groups in total. The lowest BCUT2D eigenvalue weighted by Crippen LogP contribution is -2.51. The van der Waals surface area contributed by atoms with Crippen molar-refractivity contribution < 1.29 is 9.18 Å². The van der Waals surface area contributed by atoms with Crippen molar-refractivity contribution in [2.45, 2.75) is 13.3 Å². The third-order valence-corrected chi connectivity index (χ3v) is 4.54. The largest absolute Gasteiger partial charge is 0.353 e. The first-order valence-corrected chi connectivity index (χ1v) is 8.09. The molecular weight excluding hydrogens is 309 g/mol. The summed E-state index contributed by atoms with van der Waals surface area (Å²) in [6.07, 6.45) is 0.699. The van der Waals surface area contributed by atoms with Gasteiger partial charge in [-0.15, -0.1) is 0 Å². The molecular formula is C17H22FN5O. The van der Waals surface area contributed by atoms with E-state index in [0.29, 0.717) is 50.2 Å². The van der Waals surface area contributed by atoms with Gasteiger partial charge in [0.2, 0.25) is 0 Å².